The summed E-state index contributed by atoms with van der Waals surface area (Å²) in [6.45, 7) is 6.29. The fourth-order valence-corrected chi connectivity index (χ4v) is 3.20. The Morgan fingerprint density at radius 2 is 2.00 bits per heavy atom. The standard InChI is InChI=1S/C19H24ClN5O/c1-5-12(6-2)22-18-11(3)17(21)24-19-23-16(10-25(18)19)14-8-7-13(26-4)9-15(14)20/h7-10,12,22H,5-6H2,1-4H3,(H2,21,23,24). The van der Waals surface area contributed by atoms with Gasteiger partial charge in [0.25, 0.3) is 0 Å². The normalized spacial score (nSPS) is 11.3. The van der Waals surface area contributed by atoms with E-state index in [0.717, 1.165) is 35.5 Å². The van der Waals surface area contributed by atoms with Gasteiger partial charge in [-0.2, -0.15) is 4.98 Å². The molecule has 3 rings (SSSR count). The van der Waals surface area contributed by atoms with Crippen LogP contribution in [0, 0.1) is 6.92 Å². The molecule has 0 aliphatic carbocycles. The number of aromatic nitrogens is 3. The van der Waals surface area contributed by atoms with Crippen LogP contribution in [0.25, 0.3) is 17.0 Å². The summed E-state index contributed by atoms with van der Waals surface area (Å²) in [6.07, 6.45) is 3.98. The van der Waals surface area contributed by atoms with Gasteiger partial charge in [-0.25, -0.2) is 4.98 Å². The van der Waals surface area contributed by atoms with E-state index in [2.05, 4.69) is 29.1 Å². The fraction of sp³-hybridized carbons (Fsp3) is 0.368. The Balaban J connectivity index is 2.14. The number of halogens is 1. The van der Waals surface area contributed by atoms with Gasteiger partial charge in [0.15, 0.2) is 0 Å². The van der Waals surface area contributed by atoms with Gasteiger partial charge in [0.1, 0.15) is 17.4 Å². The molecular weight excluding hydrogens is 350 g/mol. The highest BCUT2D eigenvalue weighted by atomic mass is 35.5. The summed E-state index contributed by atoms with van der Waals surface area (Å²) in [4.78, 5) is 9.05. The summed E-state index contributed by atoms with van der Waals surface area (Å²) < 4.78 is 7.16. The predicted octanol–water partition coefficient (Wildman–Crippen LogP) is 4.55. The van der Waals surface area contributed by atoms with Crippen molar-refractivity contribution in [2.45, 2.75) is 39.7 Å². The molecule has 1 aromatic carbocycles. The van der Waals surface area contributed by atoms with E-state index in [-0.39, 0.29) is 0 Å². The Morgan fingerprint density at radius 1 is 1.27 bits per heavy atom. The van der Waals surface area contributed by atoms with Crippen LogP contribution in [0.4, 0.5) is 11.6 Å². The number of fused-ring (bicyclic) bond motifs is 1. The molecule has 0 aliphatic rings. The number of nitrogen functional groups attached to an aromatic ring is 1. The molecule has 0 aliphatic heterocycles. The number of hydrogen-bond acceptors (Lipinski definition) is 5. The van der Waals surface area contributed by atoms with Gasteiger partial charge in [-0.1, -0.05) is 25.4 Å². The third-order valence-corrected chi connectivity index (χ3v) is 4.98. The maximum absolute atomic E-state index is 6.41. The van der Waals surface area contributed by atoms with Crippen LogP contribution in [-0.4, -0.2) is 27.5 Å². The van der Waals surface area contributed by atoms with Gasteiger partial charge in [-0.15, -0.1) is 0 Å². The lowest BCUT2D eigenvalue weighted by Crippen LogP contribution is -2.20. The number of benzene rings is 1. The Kier molecular flexibility index (Phi) is 5.23. The second-order valence-corrected chi connectivity index (χ2v) is 6.68. The van der Waals surface area contributed by atoms with E-state index < -0.39 is 0 Å². The zero-order valence-corrected chi connectivity index (χ0v) is 16.3. The van der Waals surface area contributed by atoms with Crippen LogP contribution in [0.1, 0.15) is 32.3 Å². The Morgan fingerprint density at radius 3 is 2.62 bits per heavy atom. The molecule has 0 amide bonds. The first-order valence-corrected chi connectivity index (χ1v) is 9.11. The Hall–Kier alpha value is -2.47. The molecule has 0 bridgehead atoms. The number of methoxy groups -OCH3 is 1. The van der Waals surface area contributed by atoms with Gasteiger partial charge in [0.2, 0.25) is 5.78 Å². The first-order chi connectivity index (χ1) is 12.5. The minimum absolute atomic E-state index is 0.356. The van der Waals surface area contributed by atoms with Crippen molar-refractivity contribution in [1.82, 2.24) is 14.4 Å². The van der Waals surface area contributed by atoms with Gasteiger partial charge in [-0.05, 0) is 38.0 Å². The predicted molar refractivity (Wildman–Crippen MR) is 107 cm³/mol. The summed E-state index contributed by atoms with van der Waals surface area (Å²) in [5.41, 5.74) is 8.59. The summed E-state index contributed by atoms with van der Waals surface area (Å²) >= 11 is 6.41. The number of nitrogens with zero attached hydrogens (tertiary/aromatic N) is 3. The first kappa shape index (κ1) is 18.3. The second kappa shape index (κ2) is 7.41. The third-order valence-electron chi connectivity index (χ3n) is 4.67. The van der Waals surface area contributed by atoms with Crippen molar-refractivity contribution in [1.29, 1.82) is 0 Å². The largest absolute Gasteiger partial charge is 0.497 e. The van der Waals surface area contributed by atoms with E-state index in [9.17, 15) is 0 Å². The lowest BCUT2D eigenvalue weighted by molar-refractivity contribution is 0.415. The van der Waals surface area contributed by atoms with Crippen LogP contribution in [0.15, 0.2) is 24.4 Å². The van der Waals surface area contributed by atoms with Gasteiger partial charge in [0, 0.05) is 23.4 Å². The summed E-state index contributed by atoms with van der Waals surface area (Å²) in [5.74, 6) is 2.65. The molecule has 2 aromatic heterocycles. The lowest BCUT2D eigenvalue weighted by Gasteiger charge is -2.19. The number of imidazole rings is 1. The van der Waals surface area contributed by atoms with Crippen molar-refractivity contribution in [3.05, 3.63) is 35.0 Å². The molecule has 0 spiro atoms. The van der Waals surface area contributed by atoms with Crippen LogP contribution in [0.3, 0.4) is 0 Å². The van der Waals surface area contributed by atoms with E-state index in [1.165, 1.54) is 0 Å². The molecule has 138 valence electrons. The third kappa shape index (κ3) is 3.29. The monoisotopic (exact) mass is 373 g/mol. The molecule has 3 aromatic rings. The highest BCUT2D eigenvalue weighted by molar-refractivity contribution is 6.33. The number of nitrogens with one attached hydrogen (secondary N) is 1. The average Bonchev–Trinajstić information content (AvgIpc) is 3.05. The Labute approximate surface area is 158 Å². The fourth-order valence-electron chi connectivity index (χ4n) is 2.93. The quantitative estimate of drug-likeness (QED) is 0.662. The summed E-state index contributed by atoms with van der Waals surface area (Å²) in [6, 6.07) is 5.89. The van der Waals surface area contributed by atoms with E-state index in [4.69, 9.17) is 22.1 Å². The van der Waals surface area contributed by atoms with Crippen molar-refractivity contribution >= 4 is 29.0 Å². The van der Waals surface area contributed by atoms with E-state index in [1.54, 1.807) is 13.2 Å². The lowest BCUT2D eigenvalue weighted by atomic mass is 10.1. The summed E-state index contributed by atoms with van der Waals surface area (Å²) in [7, 11) is 1.61. The number of rotatable bonds is 6. The highest BCUT2D eigenvalue weighted by Gasteiger charge is 2.17. The van der Waals surface area contributed by atoms with Crippen molar-refractivity contribution in [2.75, 3.05) is 18.2 Å². The van der Waals surface area contributed by atoms with Gasteiger partial charge >= 0.3 is 0 Å². The molecule has 0 fully saturated rings. The van der Waals surface area contributed by atoms with Gasteiger partial charge in [0.05, 0.1) is 17.8 Å². The first-order valence-electron chi connectivity index (χ1n) is 8.74. The zero-order valence-electron chi connectivity index (χ0n) is 15.5. The van der Waals surface area contributed by atoms with Crippen LogP contribution in [-0.2, 0) is 0 Å². The Bertz CT molecular complexity index is 933. The molecule has 7 heteroatoms. The molecule has 6 nitrogen and oxygen atoms in total. The van der Waals surface area contributed by atoms with Crippen molar-refractivity contribution in [3.8, 4) is 17.0 Å². The minimum Gasteiger partial charge on any atom is -0.497 e. The van der Waals surface area contributed by atoms with Crippen LogP contribution in [0.5, 0.6) is 5.75 Å². The van der Waals surface area contributed by atoms with E-state index >= 15 is 0 Å². The van der Waals surface area contributed by atoms with E-state index in [0.29, 0.717) is 28.4 Å². The van der Waals surface area contributed by atoms with Gasteiger partial charge in [-0.3, -0.25) is 4.40 Å². The number of nitrogens with two attached hydrogens (primary N) is 1. The van der Waals surface area contributed by atoms with Gasteiger partial charge < -0.3 is 15.8 Å². The van der Waals surface area contributed by atoms with Crippen molar-refractivity contribution in [2.24, 2.45) is 0 Å². The molecule has 3 N–H and O–H groups in total. The molecule has 0 radical (unpaired) electrons. The van der Waals surface area contributed by atoms with Crippen LogP contribution < -0.4 is 15.8 Å². The minimum atomic E-state index is 0.356. The summed E-state index contributed by atoms with van der Waals surface area (Å²) in [5, 5.41) is 4.15. The molecule has 0 saturated carbocycles. The molecule has 0 saturated heterocycles. The smallest absolute Gasteiger partial charge is 0.237 e. The maximum Gasteiger partial charge on any atom is 0.237 e. The molecule has 26 heavy (non-hydrogen) atoms. The highest BCUT2D eigenvalue weighted by Crippen LogP contribution is 2.32. The molecular formula is C19H24ClN5O. The number of hydrogen-bond donors (Lipinski definition) is 2. The number of ether oxygens (including phenoxy) is 1. The molecule has 2 heterocycles. The SMILES string of the molecule is CCC(CC)Nc1c(C)c(N)nc2nc(-c3ccc(OC)cc3Cl)cn12. The van der Waals surface area contributed by atoms with Crippen LogP contribution in [0.2, 0.25) is 5.02 Å². The van der Waals surface area contributed by atoms with Crippen LogP contribution >= 0.6 is 11.6 Å². The van der Waals surface area contributed by atoms with E-state index in [1.807, 2.05) is 29.7 Å². The van der Waals surface area contributed by atoms with Crippen molar-refractivity contribution in [3.63, 3.8) is 0 Å². The molecule has 0 atom stereocenters. The van der Waals surface area contributed by atoms with Crippen molar-refractivity contribution < 1.29 is 4.74 Å². The topological polar surface area (TPSA) is 77.5 Å². The zero-order chi connectivity index (χ0) is 18.8. The number of anilines is 2. The second-order valence-electron chi connectivity index (χ2n) is 6.27. The maximum atomic E-state index is 6.41. The average molecular weight is 374 g/mol. The molecule has 0 unspecified atom stereocenters.